The summed E-state index contributed by atoms with van der Waals surface area (Å²) in [7, 11) is 1.71. The monoisotopic (exact) mass is 332 g/mol. The lowest BCUT2D eigenvalue weighted by Gasteiger charge is -2.36. The number of para-hydroxylation sites is 1. The molecule has 0 unspecified atom stereocenters. The first kappa shape index (κ1) is 17.2. The fraction of sp³-hybridized carbons (Fsp3) is 0.632. The van der Waals surface area contributed by atoms with Crippen molar-refractivity contribution in [1.29, 1.82) is 0 Å². The van der Waals surface area contributed by atoms with Gasteiger partial charge in [-0.1, -0.05) is 18.2 Å². The van der Waals surface area contributed by atoms with Crippen LogP contribution in [0.25, 0.3) is 0 Å². The summed E-state index contributed by atoms with van der Waals surface area (Å²) in [6, 6.07) is 8.16. The Morgan fingerprint density at radius 3 is 2.58 bits per heavy atom. The Kier molecular flexibility index (Phi) is 6.10. The van der Waals surface area contributed by atoms with Gasteiger partial charge in [-0.15, -0.1) is 0 Å². The molecule has 0 bridgehead atoms. The van der Waals surface area contributed by atoms with E-state index in [0.29, 0.717) is 18.2 Å². The van der Waals surface area contributed by atoms with E-state index in [0.717, 1.165) is 64.5 Å². The van der Waals surface area contributed by atoms with Crippen molar-refractivity contribution in [2.24, 2.45) is 5.92 Å². The largest absolute Gasteiger partial charge is 0.496 e. The molecular formula is C19H28N2O3. The van der Waals surface area contributed by atoms with Crippen LogP contribution in [-0.2, 0) is 16.1 Å². The van der Waals surface area contributed by atoms with E-state index >= 15 is 0 Å². The minimum atomic E-state index is 0.318. The number of hydrogen-bond acceptors (Lipinski definition) is 4. The molecular weight excluding hydrogens is 304 g/mol. The molecule has 2 aliphatic rings. The maximum Gasteiger partial charge on any atom is 0.222 e. The third kappa shape index (κ3) is 4.48. The summed E-state index contributed by atoms with van der Waals surface area (Å²) in [4.78, 5) is 16.9. The van der Waals surface area contributed by atoms with Gasteiger partial charge in [-0.05, 0) is 24.8 Å². The average Bonchev–Trinajstić information content (AvgIpc) is 2.63. The van der Waals surface area contributed by atoms with Gasteiger partial charge in [0.05, 0.1) is 7.11 Å². The van der Waals surface area contributed by atoms with Crippen LogP contribution in [0.2, 0.25) is 0 Å². The predicted molar refractivity (Wildman–Crippen MR) is 93.0 cm³/mol. The van der Waals surface area contributed by atoms with Crippen LogP contribution in [0.4, 0.5) is 0 Å². The normalized spacial score (nSPS) is 20.1. The molecule has 0 radical (unpaired) electrons. The highest BCUT2D eigenvalue weighted by Gasteiger charge is 2.25. The first-order chi connectivity index (χ1) is 11.8. The van der Waals surface area contributed by atoms with E-state index in [4.69, 9.17) is 9.47 Å². The summed E-state index contributed by atoms with van der Waals surface area (Å²) in [6.45, 7) is 6.02. The number of rotatable bonds is 5. The molecule has 2 fully saturated rings. The molecule has 24 heavy (non-hydrogen) atoms. The molecule has 3 rings (SSSR count). The van der Waals surface area contributed by atoms with Gasteiger partial charge in [-0.25, -0.2) is 0 Å². The highest BCUT2D eigenvalue weighted by molar-refractivity contribution is 5.76. The van der Waals surface area contributed by atoms with Crippen LogP contribution < -0.4 is 4.74 Å². The molecule has 0 atom stereocenters. The molecule has 1 aromatic carbocycles. The molecule has 0 spiro atoms. The van der Waals surface area contributed by atoms with Crippen molar-refractivity contribution in [3.8, 4) is 5.75 Å². The van der Waals surface area contributed by atoms with Crippen molar-refractivity contribution in [1.82, 2.24) is 9.80 Å². The van der Waals surface area contributed by atoms with Crippen LogP contribution in [0.15, 0.2) is 24.3 Å². The molecule has 1 amide bonds. The lowest BCUT2D eigenvalue weighted by atomic mass is 9.96. The minimum Gasteiger partial charge on any atom is -0.496 e. The third-order valence-corrected chi connectivity index (χ3v) is 5.12. The summed E-state index contributed by atoms with van der Waals surface area (Å²) in [5, 5.41) is 0. The molecule has 2 saturated heterocycles. The van der Waals surface area contributed by atoms with Crippen molar-refractivity contribution in [2.45, 2.75) is 25.8 Å². The van der Waals surface area contributed by atoms with E-state index < -0.39 is 0 Å². The van der Waals surface area contributed by atoms with E-state index in [-0.39, 0.29) is 0 Å². The second-order valence-corrected chi connectivity index (χ2v) is 6.73. The topological polar surface area (TPSA) is 42.0 Å². The summed E-state index contributed by atoms with van der Waals surface area (Å²) in [5.74, 6) is 1.77. The second-order valence-electron chi connectivity index (χ2n) is 6.73. The Morgan fingerprint density at radius 2 is 1.88 bits per heavy atom. The summed E-state index contributed by atoms with van der Waals surface area (Å²) >= 11 is 0. The first-order valence-electron chi connectivity index (χ1n) is 8.96. The zero-order valence-electron chi connectivity index (χ0n) is 14.6. The average molecular weight is 332 g/mol. The number of benzene rings is 1. The molecule has 0 aliphatic carbocycles. The number of nitrogens with zero attached hydrogens (tertiary/aromatic N) is 2. The maximum absolute atomic E-state index is 12.5. The number of amides is 1. The Morgan fingerprint density at radius 1 is 1.17 bits per heavy atom. The highest BCUT2D eigenvalue weighted by Crippen LogP contribution is 2.22. The number of carbonyl (C=O) groups excluding carboxylic acids is 1. The van der Waals surface area contributed by atoms with Crippen molar-refractivity contribution >= 4 is 5.91 Å². The number of hydrogen-bond donors (Lipinski definition) is 0. The fourth-order valence-electron chi connectivity index (χ4n) is 3.56. The Balaban J connectivity index is 1.46. The molecule has 5 nitrogen and oxygen atoms in total. The van der Waals surface area contributed by atoms with Gasteiger partial charge in [0.25, 0.3) is 0 Å². The van der Waals surface area contributed by atoms with Crippen LogP contribution in [-0.4, -0.2) is 62.2 Å². The smallest absolute Gasteiger partial charge is 0.222 e. The second kappa shape index (κ2) is 8.49. The molecule has 0 saturated carbocycles. The number of ether oxygens (including phenoxy) is 2. The number of carbonyl (C=O) groups is 1. The number of methoxy groups -OCH3 is 1. The molecule has 132 valence electrons. The van der Waals surface area contributed by atoms with Crippen molar-refractivity contribution in [3.05, 3.63) is 29.8 Å². The summed E-state index contributed by atoms with van der Waals surface area (Å²) in [5.41, 5.74) is 1.21. The van der Waals surface area contributed by atoms with Gasteiger partial charge in [0.2, 0.25) is 5.91 Å². The molecule has 2 aliphatic heterocycles. The lowest BCUT2D eigenvalue weighted by molar-refractivity contribution is -0.134. The molecule has 2 heterocycles. The van der Waals surface area contributed by atoms with E-state index in [1.54, 1.807) is 7.11 Å². The van der Waals surface area contributed by atoms with Gasteiger partial charge < -0.3 is 14.4 Å². The highest BCUT2D eigenvalue weighted by atomic mass is 16.5. The van der Waals surface area contributed by atoms with Crippen LogP contribution in [0.5, 0.6) is 5.75 Å². The van der Waals surface area contributed by atoms with E-state index in [2.05, 4.69) is 11.0 Å². The standard InChI is InChI=1S/C19H28N2O3/c1-23-18-5-3-2-4-17(18)15-20-8-10-21(11-9-20)19(22)14-16-6-12-24-13-7-16/h2-5,16H,6-15H2,1H3. The Labute approximate surface area is 144 Å². The fourth-order valence-corrected chi connectivity index (χ4v) is 3.56. The van der Waals surface area contributed by atoms with Crippen molar-refractivity contribution < 1.29 is 14.3 Å². The predicted octanol–water partition coefficient (Wildman–Crippen LogP) is 2.16. The summed E-state index contributed by atoms with van der Waals surface area (Å²) < 4.78 is 10.8. The zero-order chi connectivity index (χ0) is 16.8. The molecule has 0 N–H and O–H groups in total. The molecule has 5 heteroatoms. The van der Waals surface area contributed by atoms with E-state index in [1.807, 2.05) is 23.1 Å². The van der Waals surface area contributed by atoms with Crippen LogP contribution in [0, 0.1) is 5.92 Å². The van der Waals surface area contributed by atoms with Gasteiger partial charge in [0, 0.05) is 57.9 Å². The maximum atomic E-state index is 12.5. The van der Waals surface area contributed by atoms with E-state index in [1.165, 1.54) is 5.56 Å². The SMILES string of the molecule is COc1ccccc1CN1CCN(C(=O)CC2CCOCC2)CC1. The number of piperazine rings is 1. The van der Waals surface area contributed by atoms with Gasteiger partial charge >= 0.3 is 0 Å². The lowest BCUT2D eigenvalue weighted by Crippen LogP contribution is -2.48. The van der Waals surface area contributed by atoms with Crippen molar-refractivity contribution in [3.63, 3.8) is 0 Å². The molecule has 1 aromatic rings. The van der Waals surface area contributed by atoms with Crippen LogP contribution in [0.3, 0.4) is 0 Å². The Bertz CT molecular complexity index is 535. The zero-order valence-corrected chi connectivity index (χ0v) is 14.6. The van der Waals surface area contributed by atoms with Gasteiger partial charge in [0.1, 0.15) is 5.75 Å². The minimum absolute atomic E-state index is 0.318. The third-order valence-electron chi connectivity index (χ3n) is 5.12. The first-order valence-corrected chi connectivity index (χ1v) is 8.96. The quantitative estimate of drug-likeness (QED) is 0.829. The van der Waals surface area contributed by atoms with Crippen molar-refractivity contribution in [2.75, 3.05) is 46.5 Å². The van der Waals surface area contributed by atoms with Crippen LogP contribution >= 0.6 is 0 Å². The van der Waals surface area contributed by atoms with Crippen LogP contribution in [0.1, 0.15) is 24.8 Å². The van der Waals surface area contributed by atoms with Gasteiger partial charge in [0.15, 0.2) is 0 Å². The molecule has 0 aromatic heterocycles. The van der Waals surface area contributed by atoms with Gasteiger partial charge in [-0.2, -0.15) is 0 Å². The van der Waals surface area contributed by atoms with Gasteiger partial charge in [-0.3, -0.25) is 9.69 Å². The Hall–Kier alpha value is -1.59. The summed E-state index contributed by atoms with van der Waals surface area (Å²) in [6.07, 6.45) is 2.74. The van der Waals surface area contributed by atoms with E-state index in [9.17, 15) is 4.79 Å².